The van der Waals surface area contributed by atoms with Crippen molar-refractivity contribution in [3.05, 3.63) is 58.6 Å². The Kier molecular flexibility index (Phi) is 5.81. The number of anilines is 2. The summed E-state index contributed by atoms with van der Waals surface area (Å²) in [5.41, 5.74) is 3.06. The van der Waals surface area contributed by atoms with Crippen LogP contribution in [-0.4, -0.2) is 12.5 Å². The van der Waals surface area contributed by atoms with Gasteiger partial charge < -0.3 is 10.6 Å². The highest BCUT2D eigenvalue weighted by molar-refractivity contribution is 9.10. The third kappa shape index (κ3) is 4.60. The first-order valence-corrected chi connectivity index (χ1v) is 7.86. The van der Waals surface area contributed by atoms with E-state index in [1.807, 2.05) is 48.5 Å². The van der Waals surface area contributed by atoms with Crippen LogP contribution in [0.3, 0.4) is 0 Å². The van der Waals surface area contributed by atoms with Gasteiger partial charge >= 0.3 is 0 Å². The van der Waals surface area contributed by atoms with Gasteiger partial charge in [0.1, 0.15) is 0 Å². The molecule has 0 bridgehead atoms. The molecule has 0 fully saturated rings. The summed E-state index contributed by atoms with van der Waals surface area (Å²) in [6, 6.07) is 15.8. The van der Waals surface area contributed by atoms with Crippen molar-refractivity contribution in [2.45, 2.75) is 19.8 Å². The topological polar surface area (TPSA) is 41.1 Å². The molecular formula is C17H19BrN2O. The summed E-state index contributed by atoms with van der Waals surface area (Å²) in [4.78, 5) is 12.0. The van der Waals surface area contributed by atoms with Gasteiger partial charge in [-0.05, 0) is 46.1 Å². The molecule has 110 valence electrons. The second-order valence-electron chi connectivity index (χ2n) is 4.72. The van der Waals surface area contributed by atoms with Crippen LogP contribution < -0.4 is 10.6 Å². The van der Waals surface area contributed by atoms with Crippen LogP contribution in [0.4, 0.5) is 11.4 Å². The van der Waals surface area contributed by atoms with Crippen LogP contribution in [0, 0.1) is 0 Å². The maximum Gasteiger partial charge on any atom is 0.226 e. The molecule has 1 amide bonds. The zero-order valence-electron chi connectivity index (χ0n) is 12.0. The minimum Gasteiger partial charge on any atom is -0.384 e. The molecule has 0 aliphatic heterocycles. The predicted octanol–water partition coefficient (Wildman–Crippen LogP) is 4.45. The number of nitrogens with one attached hydrogen (secondary N) is 2. The number of hydrogen-bond acceptors (Lipinski definition) is 2. The van der Waals surface area contributed by atoms with Gasteiger partial charge in [-0.15, -0.1) is 0 Å². The molecular weight excluding hydrogens is 328 g/mol. The van der Waals surface area contributed by atoms with Crippen molar-refractivity contribution >= 4 is 33.2 Å². The fraction of sp³-hybridized carbons (Fsp3) is 0.235. The van der Waals surface area contributed by atoms with Crippen LogP contribution in [0.25, 0.3) is 0 Å². The van der Waals surface area contributed by atoms with Gasteiger partial charge in [0.25, 0.3) is 0 Å². The zero-order valence-corrected chi connectivity index (χ0v) is 13.6. The fourth-order valence-electron chi connectivity index (χ4n) is 2.08. The molecule has 0 atom stereocenters. The lowest BCUT2D eigenvalue weighted by molar-refractivity contribution is -0.115. The molecule has 0 heterocycles. The minimum absolute atomic E-state index is 0.0236. The van der Waals surface area contributed by atoms with Gasteiger partial charge in [-0.1, -0.05) is 37.3 Å². The molecule has 2 aromatic rings. The van der Waals surface area contributed by atoms with Crippen molar-refractivity contribution in [2.75, 3.05) is 17.2 Å². The number of carbonyl (C=O) groups is 1. The Morgan fingerprint density at radius 3 is 2.43 bits per heavy atom. The number of amides is 1. The van der Waals surface area contributed by atoms with Crippen LogP contribution in [0.1, 0.15) is 18.9 Å². The largest absolute Gasteiger partial charge is 0.384 e. The monoisotopic (exact) mass is 346 g/mol. The van der Waals surface area contributed by atoms with Gasteiger partial charge in [0.05, 0.1) is 0 Å². The second-order valence-corrected chi connectivity index (χ2v) is 5.57. The summed E-state index contributed by atoms with van der Waals surface area (Å²) in [5.74, 6) is 0.0236. The van der Waals surface area contributed by atoms with Crippen molar-refractivity contribution in [3.8, 4) is 0 Å². The van der Waals surface area contributed by atoms with Gasteiger partial charge in [-0.25, -0.2) is 0 Å². The first kappa shape index (κ1) is 15.6. The summed E-state index contributed by atoms with van der Waals surface area (Å²) >= 11 is 3.47. The number of aryl methyl sites for hydroxylation is 1. The highest BCUT2D eigenvalue weighted by atomic mass is 79.9. The van der Waals surface area contributed by atoms with Crippen molar-refractivity contribution in [1.82, 2.24) is 0 Å². The molecule has 0 aliphatic carbocycles. The quantitative estimate of drug-likeness (QED) is 0.810. The van der Waals surface area contributed by atoms with Gasteiger partial charge in [0.2, 0.25) is 5.91 Å². The van der Waals surface area contributed by atoms with Crippen LogP contribution >= 0.6 is 15.9 Å². The molecule has 0 aromatic heterocycles. The van der Waals surface area contributed by atoms with Crippen LogP contribution in [-0.2, 0) is 11.2 Å². The fourth-order valence-corrected chi connectivity index (χ4v) is 2.50. The van der Waals surface area contributed by atoms with Crippen LogP contribution in [0.15, 0.2) is 53.0 Å². The average Bonchev–Trinajstić information content (AvgIpc) is 2.50. The van der Waals surface area contributed by atoms with Crippen molar-refractivity contribution in [3.63, 3.8) is 0 Å². The molecule has 4 heteroatoms. The number of para-hydroxylation sites is 2. The van der Waals surface area contributed by atoms with Crippen molar-refractivity contribution in [1.29, 1.82) is 0 Å². The Bertz CT molecular complexity index is 613. The van der Waals surface area contributed by atoms with E-state index in [0.717, 1.165) is 27.8 Å². The van der Waals surface area contributed by atoms with E-state index in [1.165, 1.54) is 0 Å². The lowest BCUT2D eigenvalue weighted by Gasteiger charge is -2.11. The summed E-state index contributed by atoms with van der Waals surface area (Å²) in [5, 5.41) is 6.22. The Hall–Kier alpha value is -1.81. The van der Waals surface area contributed by atoms with Gasteiger partial charge in [0.15, 0.2) is 0 Å². The van der Waals surface area contributed by atoms with Gasteiger partial charge in [-0.3, -0.25) is 4.79 Å². The van der Waals surface area contributed by atoms with Crippen molar-refractivity contribution < 1.29 is 4.79 Å². The first-order chi connectivity index (χ1) is 10.2. The number of hydrogen-bond donors (Lipinski definition) is 2. The van der Waals surface area contributed by atoms with E-state index in [4.69, 9.17) is 0 Å². The van der Waals surface area contributed by atoms with E-state index < -0.39 is 0 Å². The number of benzene rings is 2. The Labute approximate surface area is 133 Å². The Balaban J connectivity index is 1.84. The summed E-state index contributed by atoms with van der Waals surface area (Å²) < 4.78 is 1.00. The molecule has 0 radical (unpaired) electrons. The standard InChI is InChI=1S/C17H19BrN2O/c1-2-13-7-3-5-9-15(13)20-17(21)11-12-19-16-10-6-4-8-14(16)18/h3-10,19H,2,11-12H2,1H3,(H,20,21). The van der Waals surface area contributed by atoms with E-state index >= 15 is 0 Å². The SMILES string of the molecule is CCc1ccccc1NC(=O)CCNc1ccccc1Br. The van der Waals surface area contributed by atoms with Crippen LogP contribution in [0.2, 0.25) is 0 Å². The Morgan fingerprint density at radius 2 is 1.71 bits per heavy atom. The molecule has 3 nitrogen and oxygen atoms in total. The molecule has 0 spiro atoms. The number of carbonyl (C=O) groups excluding carboxylic acids is 1. The normalized spacial score (nSPS) is 10.2. The maximum atomic E-state index is 12.0. The third-order valence-electron chi connectivity index (χ3n) is 3.21. The second kappa shape index (κ2) is 7.84. The molecule has 0 saturated carbocycles. The minimum atomic E-state index is 0.0236. The highest BCUT2D eigenvalue weighted by Gasteiger charge is 2.05. The zero-order chi connectivity index (χ0) is 15.1. The first-order valence-electron chi connectivity index (χ1n) is 7.07. The molecule has 2 N–H and O–H groups in total. The molecule has 21 heavy (non-hydrogen) atoms. The Morgan fingerprint density at radius 1 is 1.05 bits per heavy atom. The van der Waals surface area contributed by atoms with E-state index in [-0.39, 0.29) is 5.91 Å². The maximum absolute atomic E-state index is 12.0. The summed E-state index contributed by atoms with van der Waals surface area (Å²) in [6.07, 6.45) is 1.34. The van der Waals surface area contributed by atoms with E-state index in [0.29, 0.717) is 13.0 Å². The number of rotatable bonds is 6. The van der Waals surface area contributed by atoms with E-state index in [9.17, 15) is 4.79 Å². The lowest BCUT2D eigenvalue weighted by atomic mass is 10.1. The lowest BCUT2D eigenvalue weighted by Crippen LogP contribution is -2.17. The average molecular weight is 347 g/mol. The van der Waals surface area contributed by atoms with Crippen molar-refractivity contribution in [2.24, 2.45) is 0 Å². The number of halogens is 1. The van der Waals surface area contributed by atoms with Gasteiger partial charge in [0, 0.05) is 28.8 Å². The predicted molar refractivity (Wildman–Crippen MR) is 91.7 cm³/mol. The smallest absolute Gasteiger partial charge is 0.226 e. The van der Waals surface area contributed by atoms with E-state index in [1.54, 1.807) is 0 Å². The summed E-state index contributed by atoms with van der Waals surface area (Å²) in [7, 11) is 0. The third-order valence-corrected chi connectivity index (χ3v) is 3.91. The molecule has 0 saturated heterocycles. The summed E-state index contributed by atoms with van der Waals surface area (Å²) in [6.45, 7) is 2.68. The van der Waals surface area contributed by atoms with Crippen LogP contribution in [0.5, 0.6) is 0 Å². The highest BCUT2D eigenvalue weighted by Crippen LogP contribution is 2.21. The van der Waals surface area contributed by atoms with E-state index in [2.05, 4.69) is 33.5 Å². The molecule has 0 unspecified atom stereocenters. The molecule has 2 aromatic carbocycles. The molecule has 0 aliphatic rings. The van der Waals surface area contributed by atoms with Gasteiger partial charge in [-0.2, -0.15) is 0 Å². The molecule has 2 rings (SSSR count).